The molecule has 0 radical (unpaired) electrons. The van der Waals surface area contributed by atoms with Gasteiger partial charge in [-0.1, -0.05) is 0 Å². The van der Waals surface area contributed by atoms with Gasteiger partial charge in [-0.3, -0.25) is 4.79 Å². The van der Waals surface area contributed by atoms with E-state index >= 15 is 0 Å². The van der Waals surface area contributed by atoms with E-state index in [2.05, 4.69) is 15.1 Å². The minimum absolute atomic E-state index is 0.156. The first-order valence-corrected chi connectivity index (χ1v) is 8.70. The van der Waals surface area contributed by atoms with Crippen LogP contribution in [-0.4, -0.2) is 53.7 Å². The van der Waals surface area contributed by atoms with Crippen LogP contribution in [0.1, 0.15) is 34.6 Å². The SMILES string of the molecule is Cc1cc2nc(-c3nc(C(=O)O)no3)c(=O)n(CCC(O)CCO)c2cc1C. The van der Waals surface area contributed by atoms with Gasteiger partial charge in [-0.05, 0) is 55.1 Å². The number of carbonyl (C=O) groups is 1. The molecule has 3 rings (SSSR count). The Balaban J connectivity index is 2.16. The van der Waals surface area contributed by atoms with Crippen LogP contribution in [0.5, 0.6) is 0 Å². The van der Waals surface area contributed by atoms with Crippen molar-refractivity contribution < 1.29 is 24.6 Å². The van der Waals surface area contributed by atoms with Crippen LogP contribution in [0.2, 0.25) is 0 Å². The first-order chi connectivity index (χ1) is 13.3. The lowest BCUT2D eigenvalue weighted by Gasteiger charge is -2.15. The number of rotatable bonds is 7. The number of aliphatic hydroxyl groups is 2. The number of carboxylic acid groups (broad SMARTS) is 1. The van der Waals surface area contributed by atoms with E-state index < -0.39 is 23.5 Å². The largest absolute Gasteiger partial charge is 0.475 e. The first-order valence-electron chi connectivity index (χ1n) is 8.70. The first kappa shape index (κ1) is 19.6. The normalized spacial score (nSPS) is 12.4. The summed E-state index contributed by atoms with van der Waals surface area (Å²) in [4.78, 5) is 32.1. The molecule has 0 aliphatic carbocycles. The molecule has 0 aliphatic rings. The number of aryl methyl sites for hydroxylation is 3. The minimum atomic E-state index is -1.38. The molecule has 28 heavy (non-hydrogen) atoms. The van der Waals surface area contributed by atoms with E-state index in [9.17, 15) is 14.7 Å². The molecule has 148 valence electrons. The van der Waals surface area contributed by atoms with Crippen LogP contribution < -0.4 is 5.56 Å². The average Bonchev–Trinajstić information content (AvgIpc) is 3.13. The van der Waals surface area contributed by atoms with Crippen molar-refractivity contribution in [1.82, 2.24) is 19.7 Å². The van der Waals surface area contributed by atoms with E-state index in [0.717, 1.165) is 11.1 Å². The fraction of sp³-hybridized carbons (Fsp3) is 0.389. The lowest BCUT2D eigenvalue weighted by Crippen LogP contribution is -2.26. The summed E-state index contributed by atoms with van der Waals surface area (Å²) in [6.07, 6.45) is -0.318. The Hall–Kier alpha value is -3.11. The number of aromatic carboxylic acids is 1. The molecule has 10 heteroatoms. The number of fused-ring (bicyclic) bond motifs is 1. The number of nitrogens with zero attached hydrogens (tertiary/aromatic N) is 4. The van der Waals surface area contributed by atoms with Gasteiger partial charge in [0.2, 0.25) is 0 Å². The van der Waals surface area contributed by atoms with E-state index in [-0.39, 0.29) is 37.6 Å². The molecule has 3 aromatic rings. The highest BCUT2D eigenvalue weighted by atomic mass is 16.5. The summed E-state index contributed by atoms with van der Waals surface area (Å²) in [7, 11) is 0. The van der Waals surface area contributed by atoms with Gasteiger partial charge in [0.15, 0.2) is 5.69 Å². The second kappa shape index (κ2) is 7.87. The van der Waals surface area contributed by atoms with Crippen LogP contribution >= 0.6 is 0 Å². The molecule has 2 heterocycles. The summed E-state index contributed by atoms with van der Waals surface area (Å²) in [5, 5.41) is 31.2. The van der Waals surface area contributed by atoms with Crippen molar-refractivity contribution in [1.29, 1.82) is 0 Å². The Kier molecular flexibility index (Phi) is 5.52. The van der Waals surface area contributed by atoms with E-state index in [4.69, 9.17) is 14.7 Å². The van der Waals surface area contributed by atoms with Crippen LogP contribution in [-0.2, 0) is 6.54 Å². The van der Waals surface area contributed by atoms with E-state index in [1.54, 1.807) is 0 Å². The third-order valence-corrected chi connectivity index (χ3v) is 4.53. The minimum Gasteiger partial charge on any atom is -0.475 e. The van der Waals surface area contributed by atoms with Gasteiger partial charge >= 0.3 is 5.97 Å². The summed E-state index contributed by atoms with van der Waals surface area (Å²) in [5.41, 5.74) is 2.32. The van der Waals surface area contributed by atoms with Crippen LogP contribution in [0.25, 0.3) is 22.6 Å². The van der Waals surface area contributed by atoms with E-state index in [1.165, 1.54) is 4.57 Å². The van der Waals surface area contributed by atoms with Gasteiger partial charge < -0.3 is 24.4 Å². The summed E-state index contributed by atoms with van der Waals surface area (Å²) in [6, 6.07) is 3.64. The number of aromatic nitrogens is 4. The molecule has 0 saturated carbocycles. The van der Waals surface area contributed by atoms with Crippen LogP contribution in [0.4, 0.5) is 0 Å². The third-order valence-electron chi connectivity index (χ3n) is 4.53. The van der Waals surface area contributed by atoms with Gasteiger partial charge in [0, 0.05) is 13.2 Å². The molecular weight excluding hydrogens is 368 g/mol. The molecule has 1 unspecified atom stereocenters. The zero-order valence-corrected chi connectivity index (χ0v) is 15.4. The highest BCUT2D eigenvalue weighted by molar-refractivity contribution is 5.83. The molecule has 0 saturated heterocycles. The van der Waals surface area contributed by atoms with E-state index in [1.807, 2.05) is 26.0 Å². The maximum Gasteiger partial charge on any atom is 0.377 e. The number of carboxylic acids is 1. The molecule has 0 spiro atoms. The number of benzene rings is 1. The molecule has 0 amide bonds. The average molecular weight is 388 g/mol. The molecule has 3 N–H and O–H groups in total. The predicted octanol–water partition coefficient (Wildman–Crippen LogP) is 0.895. The second-order valence-electron chi connectivity index (χ2n) is 6.53. The standard InChI is InChI=1S/C18H20N4O6/c1-9-7-12-13(8-10(9)2)22(5-3-11(24)4-6-23)17(25)14(19-12)16-20-15(18(26)27)21-28-16/h7-8,11,23-24H,3-6H2,1-2H3,(H,26,27). The highest BCUT2D eigenvalue weighted by Gasteiger charge is 2.21. The van der Waals surface area contributed by atoms with Crippen molar-refractivity contribution in [2.75, 3.05) is 6.61 Å². The van der Waals surface area contributed by atoms with Crippen molar-refractivity contribution in [2.45, 2.75) is 39.3 Å². The smallest absolute Gasteiger partial charge is 0.377 e. The molecule has 0 bridgehead atoms. The monoisotopic (exact) mass is 388 g/mol. The molecule has 0 fully saturated rings. The Labute approximate surface area is 159 Å². The van der Waals surface area contributed by atoms with Crippen molar-refractivity contribution in [3.05, 3.63) is 39.4 Å². The Bertz CT molecular complexity index is 1090. The Morgan fingerprint density at radius 1 is 1.21 bits per heavy atom. The topological polar surface area (TPSA) is 152 Å². The van der Waals surface area contributed by atoms with Crippen molar-refractivity contribution >= 4 is 17.0 Å². The Morgan fingerprint density at radius 3 is 2.57 bits per heavy atom. The van der Waals surface area contributed by atoms with Crippen molar-refractivity contribution in [2.24, 2.45) is 0 Å². The number of hydrogen-bond acceptors (Lipinski definition) is 8. The molecule has 0 aliphatic heterocycles. The zero-order chi connectivity index (χ0) is 20.4. The maximum atomic E-state index is 13.0. The number of aliphatic hydroxyl groups excluding tert-OH is 2. The highest BCUT2D eigenvalue weighted by Crippen LogP contribution is 2.21. The van der Waals surface area contributed by atoms with Crippen LogP contribution in [0, 0.1) is 13.8 Å². The second-order valence-corrected chi connectivity index (χ2v) is 6.53. The van der Waals surface area contributed by atoms with Gasteiger partial charge in [0.25, 0.3) is 17.3 Å². The van der Waals surface area contributed by atoms with Crippen LogP contribution in [0.15, 0.2) is 21.5 Å². The van der Waals surface area contributed by atoms with Gasteiger partial charge in [-0.15, -0.1) is 0 Å². The quantitative estimate of drug-likeness (QED) is 0.536. The van der Waals surface area contributed by atoms with Gasteiger partial charge in [-0.2, -0.15) is 4.98 Å². The van der Waals surface area contributed by atoms with Gasteiger partial charge in [-0.25, -0.2) is 9.78 Å². The van der Waals surface area contributed by atoms with Crippen molar-refractivity contribution in [3.8, 4) is 11.6 Å². The van der Waals surface area contributed by atoms with Gasteiger partial charge in [0.05, 0.1) is 17.1 Å². The zero-order valence-electron chi connectivity index (χ0n) is 15.4. The van der Waals surface area contributed by atoms with E-state index in [0.29, 0.717) is 11.0 Å². The summed E-state index contributed by atoms with van der Waals surface area (Å²) >= 11 is 0. The summed E-state index contributed by atoms with van der Waals surface area (Å²) in [6.45, 7) is 3.84. The van der Waals surface area contributed by atoms with Crippen molar-refractivity contribution in [3.63, 3.8) is 0 Å². The Morgan fingerprint density at radius 2 is 1.93 bits per heavy atom. The number of hydrogen-bond donors (Lipinski definition) is 3. The molecule has 10 nitrogen and oxygen atoms in total. The lowest BCUT2D eigenvalue weighted by atomic mass is 10.1. The fourth-order valence-electron chi connectivity index (χ4n) is 2.84. The molecular formula is C18H20N4O6. The van der Waals surface area contributed by atoms with Crippen LogP contribution in [0.3, 0.4) is 0 Å². The molecule has 2 aromatic heterocycles. The predicted molar refractivity (Wildman–Crippen MR) is 98.1 cm³/mol. The third kappa shape index (κ3) is 3.78. The summed E-state index contributed by atoms with van der Waals surface area (Å²) in [5.74, 6) is -2.23. The molecule has 1 atom stereocenters. The maximum absolute atomic E-state index is 13.0. The van der Waals surface area contributed by atoms with Gasteiger partial charge in [0.1, 0.15) is 0 Å². The molecule has 1 aromatic carbocycles. The lowest BCUT2D eigenvalue weighted by molar-refractivity contribution is 0.0680. The fourth-order valence-corrected chi connectivity index (χ4v) is 2.84. The summed E-state index contributed by atoms with van der Waals surface area (Å²) < 4.78 is 6.35.